The third-order valence-electron chi connectivity index (χ3n) is 3.33. The summed E-state index contributed by atoms with van der Waals surface area (Å²) < 4.78 is 0. The second-order valence-corrected chi connectivity index (χ2v) is 5.08. The van der Waals surface area contributed by atoms with E-state index in [0.717, 1.165) is 31.7 Å². The van der Waals surface area contributed by atoms with E-state index in [1.54, 1.807) is 0 Å². The molecule has 1 aliphatic rings. The maximum Gasteiger partial charge on any atom is 0.225 e. The number of nitrogens with one attached hydrogen (secondary N) is 3. The molecule has 1 saturated heterocycles. The molecule has 1 fully saturated rings. The summed E-state index contributed by atoms with van der Waals surface area (Å²) in [4.78, 5) is 11.7. The first-order valence-electron chi connectivity index (χ1n) is 6.49. The van der Waals surface area contributed by atoms with Gasteiger partial charge in [0.25, 0.3) is 0 Å². The van der Waals surface area contributed by atoms with Crippen molar-refractivity contribution in [2.45, 2.75) is 25.3 Å². The van der Waals surface area contributed by atoms with Gasteiger partial charge in [-0.2, -0.15) is 0 Å². The normalized spacial score (nSPS) is 22.9. The first-order chi connectivity index (χ1) is 8.68. The maximum atomic E-state index is 11.7. The van der Waals surface area contributed by atoms with Crippen molar-refractivity contribution in [3.05, 3.63) is 30.3 Å². The summed E-state index contributed by atoms with van der Waals surface area (Å²) in [6.07, 6.45) is 1.62. The largest absolute Gasteiger partial charge is 0.326 e. The molecule has 4 nitrogen and oxygen atoms in total. The van der Waals surface area contributed by atoms with Crippen LogP contribution in [0.3, 0.4) is 0 Å². The zero-order valence-corrected chi connectivity index (χ0v) is 10.8. The molecule has 18 heavy (non-hydrogen) atoms. The Morgan fingerprint density at radius 2 is 2.17 bits per heavy atom. The Balaban J connectivity index is 1.69. The van der Waals surface area contributed by atoms with Crippen molar-refractivity contribution in [2.75, 3.05) is 25.0 Å². The molecule has 2 rings (SSSR count). The lowest BCUT2D eigenvalue weighted by atomic mass is 10.0. The van der Waals surface area contributed by atoms with Crippen molar-refractivity contribution >= 4 is 11.6 Å². The Hall–Kier alpha value is -1.39. The molecule has 1 heterocycles. The van der Waals surface area contributed by atoms with E-state index in [1.165, 1.54) is 0 Å². The van der Waals surface area contributed by atoms with Crippen LogP contribution in [-0.2, 0) is 4.79 Å². The molecule has 0 saturated carbocycles. The van der Waals surface area contributed by atoms with Gasteiger partial charge in [0, 0.05) is 30.7 Å². The zero-order chi connectivity index (χ0) is 12.8. The topological polar surface area (TPSA) is 53.2 Å². The van der Waals surface area contributed by atoms with E-state index in [2.05, 4.69) is 22.9 Å². The van der Waals surface area contributed by atoms with Gasteiger partial charge in [0.2, 0.25) is 5.91 Å². The third-order valence-corrected chi connectivity index (χ3v) is 3.33. The second-order valence-electron chi connectivity index (χ2n) is 5.08. The Labute approximate surface area is 108 Å². The van der Waals surface area contributed by atoms with Crippen LogP contribution in [0.4, 0.5) is 5.69 Å². The lowest BCUT2D eigenvalue weighted by Crippen LogP contribution is -2.45. The first-order valence-corrected chi connectivity index (χ1v) is 6.49. The smallest absolute Gasteiger partial charge is 0.225 e. The van der Waals surface area contributed by atoms with Gasteiger partial charge in [0.1, 0.15) is 0 Å². The molecule has 1 aromatic rings. The van der Waals surface area contributed by atoms with Crippen LogP contribution in [0.1, 0.15) is 19.8 Å². The standard InChI is InChI=1S/C14H21N3O/c1-14(8-10-15-11-14)16-9-7-13(18)17-12-5-3-2-4-6-12/h2-6,15-16H,7-11H2,1H3,(H,17,18). The summed E-state index contributed by atoms with van der Waals surface area (Å²) in [5, 5.41) is 9.66. The highest BCUT2D eigenvalue weighted by atomic mass is 16.1. The maximum absolute atomic E-state index is 11.7. The summed E-state index contributed by atoms with van der Waals surface area (Å²) in [5.41, 5.74) is 1.00. The number of benzene rings is 1. The minimum Gasteiger partial charge on any atom is -0.326 e. The van der Waals surface area contributed by atoms with Crippen LogP contribution in [0.15, 0.2) is 30.3 Å². The van der Waals surface area contributed by atoms with Crippen LogP contribution in [0, 0.1) is 0 Å². The van der Waals surface area contributed by atoms with Gasteiger partial charge in [-0.15, -0.1) is 0 Å². The fraction of sp³-hybridized carbons (Fsp3) is 0.500. The molecule has 3 N–H and O–H groups in total. The number of para-hydroxylation sites is 1. The number of hydrogen-bond donors (Lipinski definition) is 3. The van der Waals surface area contributed by atoms with Crippen molar-refractivity contribution in [3.63, 3.8) is 0 Å². The molecule has 0 bridgehead atoms. The molecule has 98 valence electrons. The molecular formula is C14H21N3O. The molecule has 0 aromatic heterocycles. The van der Waals surface area contributed by atoms with E-state index in [0.29, 0.717) is 6.42 Å². The fourth-order valence-electron chi connectivity index (χ4n) is 2.19. The number of amides is 1. The van der Waals surface area contributed by atoms with Gasteiger partial charge in [0.15, 0.2) is 0 Å². The summed E-state index contributed by atoms with van der Waals surface area (Å²) in [6, 6.07) is 9.56. The Kier molecular flexibility index (Phi) is 4.33. The molecular weight excluding hydrogens is 226 g/mol. The van der Waals surface area contributed by atoms with E-state index in [9.17, 15) is 4.79 Å². The van der Waals surface area contributed by atoms with Crippen molar-refractivity contribution in [3.8, 4) is 0 Å². The van der Waals surface area contributed by atoms with Crippen molar-refractivity contribution < 1.29 is 4.79 Å². The summed E-state index contributed by atoms with van der Waals surface area (Å²) in [5.74, 6) is 0.0586. The lowest BCUT2D eigenvalue weighted by Gasteiger charge is -2.24. The van der Waals surface area contributed by atoms with Gasteiger partial charge in [-0.25, -0.2) is 0 Å². The zero-order valence-electron chi connectivity index (χ0n) is 10.8. The van der Waals surface area contributed by atoms with Crippen LogP contribution in [0.2, 0.25) is 0 Å². The first kappa shape index (κ1) is 13.1. The number of anilines is 1. The Morgan fingerprint density at radius 1 is 1.39 bits per heavy atom. The molecule has 1 aromatic carbocycles. The highest BCUT2D eigenvalue weighted by Gasteiger charge is 2.27. The Bertz CT molecular complexity index is 385. The van der Waals surface area contributed by atoms with Crippen molar-refractivity contribution in [1.82, 2.24) is 10.6 Å². The van der Waals surface area contributed by atoms with Gasteiger partial charge >= 0.3 is 0 Å². The van der Waals surface area contributed by atoms with Crippen molar-refractivity contribution in [1.29, 1.82) is 0 Å². The number of rotatable bonds is 5. The summed E-state index contributed by atoms with van der Waals surface area (Å²) in [6.45, 7) is 4.95. The minimum absolute atomic E-state index is 0.0586. The molecule has 1 atom stereocenters. The molecule has 0 spiro atoms. The van der Waals surface area contributed by atoms with Crippen molar-refractivity contribution in [2.24, 2.45) is 0 Å². The summed E-state index contributed by atoms with van der Waals surface area (Å²) >= 11 is 0. The monoisotopic (exact) mass is 247 g/mol. The highest BCUT2D eigenvalue weighted by molar-refractivity contribution is 5.90. The van der Waals surface area contributed by atoms with Gasteiger partial charge in [-0.05, 0) is 32.0 Å². The molecule has 0 aliphatic carbocycles. The third kappa shape index (κ3) is 3.82. The van der Waals surface area contributed by atoms with E-state index < -0.39 is 0 Å². The molecule has 1 unspecified atom stereocenters. The van der Waals surface area contributed by atoms with E-state index in [-0.39, 0.29) is 11.4 Å². The summed E-state index contributed by atoms with van der Waals surface area (Å²) in [7, 11) is 0. The van der Waals surface area contributed by atoms with Crippen LogP contribution < -0.4 is 16.0 Å². The predicted octanol–water partition coefficient (Wildman–Crippen LogP) is 1.36. The molecule has 1 amide bonds. The quantitative estimate of drug-likeness (QED) is 0.736. The van der Waals surface area contributed by atoms with Gasteiger partial charge in [0.05, 0.1) is 0 Å². The minimum atomic E-state index is 0.0586. The van der Waals surface area contributed by atoms with Gasteiger partial charge in [-0.3, -0.25) is 4.79 Å². The second kappa shape index (κ2) is 5.98. The SMILES string of the molecule is CC1(NCCC(=O)Nc2ccccc2)CCNC1. The predicted molar refractivity (Wildman–Crippen MR) is 73.6 cm³/mol. The van der Waals surface area contributed by atoms with Crippen LogP contribution >= 0.6 is 0 Å². The van der Waals surface area contributed by atoms with Crippen LogP contribution in [0.5, 0.6) is 0 Å². The molecule has 1 aliphatic heterocycles. The van der Waals surface area contributed by atoms with E-state index in [4.69, 9.17) is 0 Å². The molecule has 4 heteroatoms. The average molecular weight is 247 g/mol. The number of carbonyl (C=O) groups is 1. The van der Waals surface area contributed by atoms with E-state index >= 15 is 0 Å². The van der Waals surface area contributed by atoms with Crippen LogP contribution in [-0.4, -0.2) is 31.1 Å². The van der Waals surface area contributed by atoms with Gasteiger partial charge in [-0.1, -0.05) is 18.2 Å². The Morgan fingerprint density at radius 3 is 2.83 bits per heavy atom. The number of carbonyl (C=O) groups excluding carboxylic acids is 1. The fourth-order valence-corrected chi connectivity index (χ4v) is 2.19. The molecule has 0 radical (unpaired) electrons. The number of hydrogen-bond acceptors (Lipinski definition) is 3. The van der Waals surface area contributed by atoms with Gasteiger partial charge < -0.3 is 16.0 Å². The van der Waals surface area contributed by atoms with E-state index in [1.807, 2.05) is 30.3 Å². The highest BCUT2D eigenvalue weighted by Crippen LogP contribution is 2.12. The van der Waals surface area contributed by atoms with Crippen LogP contribution in [0.25, 0.3) is 0 Å². The lowest BCUT2D eigenvalue weighted by molar-refractivity contribution is -0.116. The average Bonchev–Trinajstić information content (AvgIpc) is 2.77.